The predicted octanol–water partition coefficient (Wildman–Crippen LogP) is 5.68. The van der Waals surface area contributed by atoms with E-state index in [1.165, 1.54) is 0 Å². The molecule has 1 aromatic heterocycles. The zero-order valence-corrected chi connectivity index (χ0v) is 20.0. The zero-order chi connectivity index (χ0) is 24.9. The number of rotatable bonds is 9. The molecule has 0 fully saturated rings. The summed E-state index contributed by atoms with van der Waals surface area (Å²) >= 11 is 0. The first kappa shape index (κ1) is 23.5. The van der Waals surface area contributed by atoms with E-state index in [9.17, 15) is 9.90 Å². The van der Waals surface area contributed by atoms with Gasteiger partial charge in [-0.05, 0) is 54.1 Å². The molecule has 0 saturated carbocycles. The molecule has 1 N–H and O–H groups in total. The highest BCUT2D eigenvalue weighted by Crippen LogP contribution is 2.31. The van der Waals surface area contributed by atoms with Gasteiger partial charge >= 0.3 is 0 Å². The van der Waals surface area contributed by atoms with E-state index >= 15 is 0 Å². The van der Waals surface area contributed by atoms with Crippen LogP contribution in [-0.2, 0) is 6.54 Å². The number of methoxy groups -OCH3 is 1. The van der Waals surface area contributed by atoms with Crippen molar-refractivity contribution < 1.29 is 23.8 Å². The molecule has 0 unspecified atom stereocenters. The van der Waals surface area contributed by atoms with Crippen LogP contribution in [0.25, 0.3) is 21.9 Å². The Morgan fingerprint density at radius 1 is 0.861 bits per heavy atom. The minimum atomic E-state index is -0.882. The maximum atomic E-state index is 13.3. The molecule has 36 heavy (non-hydrogen) atoms. The highest BCUT2D eigenvalue weighted by molar-refractivity contribution is 6.05. The third-order valence-corrected chi connectivity index (χ3v) is 6.06. The number of hydrogen-bond acceptors (Lipinski definition) is 5. The first-order valence-electron chi connectivity index (χ1n) is 11.8. The van der Waals surface area contributed by atoms with Crippen LogP contribution in [-0.4, -0.2) is 42.3 Å². The zero-order valence-electron chi connectivity index (χ0n) is 20.0. The van der Waals surface area contributed by atoms with Crippen molar-refractivity contribution in [3.05, 3.63) is 108 Å². The number of fused-ring (bicyclic) bond motifs is 3. The lowest BCUT2D eigenvalue weighted by molar-refractivity contribution is 0.0482. The Morgan fingerprint density at radius 3 is 2.33 bits per heavy atom. The summed E-state index contributed by atoms with van der Waals surface area (Å²) in [6.07, 6.45) is -0.882. The lowest BCUT2D eigenvalue weighted by atomic mass is 10.1. The molecule has 0 radical (unpaired) electrons. The number of ether oxygens (including phenoxy) is 2. The molecule has 5 rings (SSSR count). The first-order chi connectivity index (χ1) is 17.6. The van der Waals surface area contributed by atoms with E-state index in [-0.39, 0.29) is 19.1 Å². The molecule has 1 atom stereocenters. The summed E-state index contributed by atoms with van der Waals surface area (Å²) in [6.45, 7) is 0.537. The number of furan rings is 1. The SMILES string of the molecule is COc1ccc(C(=O)N(Cc2ccccc2)C[C@H](O)COc2ccc3oc4ccccc4c3c2)cc1. The fourth-order valence-corrected chi connectivity index (χ4v) is 4.23. The van der Waals surface area contributed by atoms with Crippen LogP contribution in [0, 0.1) is 0 Å². The van der Waals surface area contributed by atoms with E-state index in [1.807, 2.05) is 72.8 Å². The van der Waals surface area contributed by atoms with Crippen LogP contribution in [0.1, 0.15) is 15.9 Å². The topological polar surface area (TPSA) is 72.1 Å². The summed E-state index contributed by atoms with van der Waals surface area (Å²) in [6, 6.07) is 30.1. The van der Waals surface area contributed by atoms with E-state index < -0.39 is 6.10 Å². The van der Waals surface area contributed by atoms with Gasteiger partial charge in [0.2, 0.25) is 0 Å². The number of amides is 1. The Balaban J connectivity index is 1.29. The van der Waals surface area contributed by atoms with Crippen LogP contribution in [0.3, 0.4) is 0 Å². The monoisotopic (exact) mass is 481 g/mol. The Hall–Kier alpha value is -4.29. The van der Waals surface area contributed by atoms with Crippen molar-refractivity contribution >= 4 is 27.8 Å². The lowest BCUT2D eigenvalue weighted by Crippen LogP contribution is -2.39. The maximum Gasteiger partial charge on any atom is 0.254 e. The standard InChI is InChI=1S/C30H27NO5/c1-34-24-13-11-22(12-14-24)30(33)31(18-21-7-3-2-4-8-21)19-23(32)20-35-25-15-16-29-27(17-25)26-9-5-6-10-28(26)36-29/h2-17,23,32H,18-20H2,1H3/t23-/m0/s1. The van der Waals surface area contributed by atoms with Gasteiger partial charge in [0.25, 0.3) is 5.91 Å². The number of hydrogen-bond donors (Lipinski definition) is 1. The summed E-state index contributed by atoms with van der Waals surface area (Å²) in [7, 11) is 1.58. The average Bonchev–Trinajstić information content (AvgIpc) is 3.30. The minimum Gasteiger partial charge on any atom is -0.497 e. The van der Waals surface area contributed by atoms with E-state index in [4.69, 9.17) is 13.9 Å². The van der Waals surface area contributed by atoms with E-state index in [1.54, 1.807) is 36.3 Å². The van der Waals surface area contributed by atoms with E-state index in [2.05, 4.69) is 0 Å². The van der Waals surface area contributed by atoms with Crippen molar-refractivity contribution in [1.82, 2.24) is 4.90 Å². The van der Waals surface area contributed by atoms with Gasteiger partial charge in [-0.2, -0.15) is 0 Å². The molecule has 0 aliphatic rings. The molecule has 1 amide bonds. The fraction of sp³-hybridized carbons (Fsp3) is 0.167. The summed E-state index contributed by atoms with van der Waals surface area (Å²) in [4.78, 5) is 15.0. The Bertz CT molecular complexity index is 1460. The van der Waals surface area contributed by atoms with Crippen molar-refractivity contribution in [2.45, 2.75) is 12.6 Å². The van der Waals surface area contributed by atoms with Gasteiger partial charge in [0.05, 0.1) is 13.7 Å². The average molecular weight is 482 g/mol. The summed E-state index contributed by atoms with van der Waals surface area (Å²) in [5, 5.41) is 12.8. The van der Waals surface area contributed by atoms with Gasteiger partial charge in [-0.3, -0.25) is 4.79 Å². The number of aliphatic hydroxyl groups is 1. The highest BCUT2D eigenvalue weighted by atomic mass is 16.5. The second-order valence-electron chi connectivity index (χ2n) is 8.62. The van der Waals surface area contributed by atoms with Crippen LogP contribution in [0.4, 0.5) is 0 Å². The molecule has 6 heteroatoms. The molecule has 0 saturated heterocycles. The molecular weight excluding hydrogens is 454 g/mol. The normalized spacial score (nSPS) is 11.9. The quantitative estimate of drug-likeness (QED) is 0.293. The maximum absolute atomic E-state index is 13.3. The van der Waals surface area contributed by atoms with Gasteiger partial charge in [-0.25, -0.2) is 0 Å². The third-order valence-electron chi connectivity index (χ3n) is 6.06. The molecule has 0 aliphatic heterocycles. The van der Waals surface area contributed by atoms with Gasteiger partial charge in [0, 0.05) is 22.9 Å². The number of nitrogens with zero attached hydrogens (tertiary/aromatic N) is 1. The van der Waals surface area contributed by atoms with Crippen LogP contribution in [0.2, 0.25) is 0 Å². The molecule has 6 nitrogen and oxygen atoms in total. The third kappa shape index (κ3) is 5.19. The molecule has 0 bridgehead atoms. The van der Waals surface area contributed by atoms with Crippen LogP contribution < -0.4 is 9.47 Å². The Kier molecular flexibility index (Phi) is 6.87. The van der Waals surface area contributed by atoms with Crippen LogP contribution in [0.5, 0.6) is 11.5 Å². The predicted molar refractivity (Wildman–Crippen MR) is 139 cm³/mol. The smallest absolute Gasteiger partial charge is 0.254 e. The molecule has 0 aliphatic carbocycles. The molecule has 0 spiro atoms. The number of benzene rings is 4. The van der Waals surface area contributed by atoms with Gasteiger partial charge in [0.1, 0.15) is 35.4 Å². The second kappa shape index (κ2) is 10.5. The largest absolute Gasteiger partial charge is 0.497 e. The van der Waals surface area contributed by atoms with Gasteiger partial charge in [-0.15, -0.1) is 0 Å². The van der Waals surface area contributed by atoms with Crippen LogP contribution >= 0.6 is 0 Å². The molecule has 182 valence electrons. The summed E-state index contributed by atoms with van der Waals surface area (Å²) in [5.41, 5.74) is 3.10. The summed E-state index contributed by atoms with van der Waals surface area (Å²) in [5.74, 6) is 1.13. The van der Waals surface area contributed by atoms with Crippen molar-refractivity contribution in [2.75, 3.05) is 20.3 Å². The minimum absolute atomic E-state index is 0.0441. The lowest BCUT2D eigenvalue weighted by Gasteiger charge is -2.26. The molecule has 4 aromatic carbocycles. The van der Waals surface area contributed by atoms with Crippen molar-refractivity contribution in [1.29, 1.82) is 0 Å². The first-order valence-corrected chi connectivity index (χ1v) is 11.8. The number of carbonyl (C=O) groups is 1. The Labute approximate surface area is 209 Å². The number of aliphatic hydroxyl groups excluding tert-OH is 1. The van der Waals surface area contributed by atoms with Gasteiger partial charge in [-0.1, -0.05) is 48.5 Å². The molecular formula is C30H27NO5. The van der Waals surface area contributed by atoms with E-state index in [0.717, 1.165) is 27.5 Å². The second-order valence-corrected chi connectivity index (χ2v) is 8.62. The highest BCUT2D eigenvalue weighted by Gasteiger charge is 2.20. The summed E-state index contributed by atoms with van der Waals surface area (Å²) < 4.78 is 17.0. The van der Waals surface area contributed by atoms with Crippen molar-refractivity contribution in [3.63, 3.8) is 0 Å². The fourth-order valence-electron chi connectivity index (χ4n) is 4.23. The number of para-hydroxylation sites is 1. The molecule has 5 aromatic rings. The Morgan fingerprint density at radius 2 is 1.56 bits per heavy atom. The van der Waals surface area contributed by atoms with Gasteiger partial charge in [0.15, 0.2) is 0 Å². The molecule has 1 heterocycles. The van der Waals surface area contributed by atoms with Gasteiger partial charge < -0.3 is 23.9 Å². The van der Waals surface area contributed by atoms with Crippen molar-refractivity contribution in [3.8, 4) is 11.5 Å². The number of carbonyl (C=O) groups excluding carboxylic acids is 1. The van der Waals surface area contributed by atoms with Crippen molar-refractivity contribution in [2.24, 2.45) is 0 Å². The van der Waals surface area contributed by atoms with Crippen LogP contribution in [0.15, 0.2) is 101 Å². The van der Waals surface area contributed by atoms with E-state index in [0.29, 0.717) is 23.6 Å².